The molecular weight excluding hydrogens is 342 g/mol. The molecule has 0 spiro atoms. The van der Waals surface area contributed by atoms with Crippen molar-refractivity contribution in [3.63, 3.8) is 0 Å². The zero-order chi connectivity index (χ0) is 16.4. The number of anilines is 1. The average molecular weight is 356 g/mol. The molecule has 0 amide bonds. The van der Waals surface area contributed by atoms with Gasteiger partial charge >= 0.3 is 0 Å². The fraction of sp³-hybridized carbons (Fsp3) is 0.118. The summed E-state index contributed by atoms with van der Waals surface area (Å²) in [6.45, 7) is 0.773. The highest BCUT2D eigenvalue weighted by molar-refractivity contribution is 7.08. The Labute approximate surface area is 147 Å². The van der Waals surface area contributed by atoms with Gasteiger partial charge in [0.25, 0.3) is 0 Å². The predicted molar refractivity (Wildman–Crippen MR) is 97.7 cm³/mol. The third-order valence-electron chi connectivity index (χ3n) is 3.65. The second-order valence-electron chi connectivity index (χ2n) is 5.33. The van der Waals surface area contributed by atoms with Crippen LogP contribution in [0.3, 0.4) is 0 Å². The number of rotatable bonds is 5. The Morgan fingerprint density at radius 1 is 1.12 bits per heavy atom. The molecule has 0 aliphatic rings. The Morgan fingerprint density at radius 2 is 2.08 bits per heavy atom. The van der Waals surface area contributed by atoms with Crippen LogP contribution in [-0.4, -0.2) is 26.4 Å². The van der Waals surface area contributed by atoms with E-state index >= 15 is 0 Å². The Bertz CT molecular complexity index is 964. The first kappa shape index (κ1) is 15.1. The number of nitrogens with one attached hydrogen (secondary N) is 1. The summed E-state index contributed by atoms with van der Waals surface area (Å²) in [7, 11) is 0. The van der Waals surface area contributed by atoms with E-state index in [1.807, 2.05) is 47.2 Å². The topological polar surface area (TPSA) is 55.1 Å². The lowest BCUT2D eigenvalue weighted by Crippen LogP contribution is -2.08. The molecule has 0 atom stereocenters. The summed E-state index contributed by atoms with van der Waals surface area (Å²) in [5.74, 6) is 1.55. The first-order chi connectivity index (χ1) is 11.8. The van der Waals surface area contributed by atoms with E-state index in [1.165, 1.54) is 5.56 Å². The number of nitrogens with zero attached hydrogens (tertiary/aromatic N) is 4. The maximum Gasteiger partial charge on any atom is 0.186 e. The molecule has 24 heavy (non-hydrogen) atoms. The molecular formula is C17H14ClN5S. The van der Waals surface area contributed by atoms with Gasteiger partial charge in [-0.2, -0.15) is 15.9 Å². The second kappa shape index (κ2) is 6.59. The number of thiophene rings is 1. The summed E-state index contributed by atoms with van der Waals surface area (Å²) in [6.07, 6.45) is 0.875. The highest BCUT2D eigenvalue weighted by atomic mass is 35.5. The van der Waals surface area contributed by atoms with Crippen LogP contribution in [0.15, 0.2) is 53.2 Å². The van der Waals surface area contributed by atoms with E-state index in [0.717, 1.165) is 40.8 Å². The molecule has 3 heterocycles. The van der Waals surface area contributed by atoms with Crippen LogP contribution in [0.25, 0.3) is 17.0 Å². The largest absolute Gasteiger partial charge is 0.368 e. The van der Waals surface area contributed by atoms with Gasteiger partial charge in [0, 0.05) is 22.5 Å². The highest BCUT2D eigenvalue weighted by Gasteiger charge is 2.10. The maximum atomic E-state index is 6.01. The standard InChI is InChI=1S/C17H14ClN5S/c18-14-3-1-2-12(10-14)6-8-19-15-4-5-16-20-21-17(23(16)22-15)13-7-9-24-11-13/h1-5,7,9-11H,6,8H2,(H,19,22). The van der Waals surface area contributed by atoms with E-state index in [0.29, 0.717) is 0 Å². The van der Waals surface area contributed by atoms with Crippen LogP contribution in [0.2, 0.25) is 5.02 Å². The second-order valence-corrected chi connectivity index (χ2v) is 6.55. The van der Waals surface area contributed by atoms with E-state index in [-0.39, 0.29) is 0 Å². The Kier molecular flexibility index (Phi) is 4.15. The molecule has 1 N–H and O–H groups in total. The summed E-state index contributed by atoms with van der Waals surface area (Å²) in [5.41, 5.74) is 2.95. The molecule has 0 bridgehead atoms. The van der Waals surface area contributed by atoms with Gasteiger partial charge < -0.3 is 5.32 Å². The van der Waals surface area contributed by atoms with Crippen molar-refractivity contribution in [1.29, 1.82) is 0 Å². The molecule has 0 aliphatic heterocycles. The number of fused-ring (bicyclic) bond motifs is 1. The summed E-state index contributed by atoms with van der Waals surface area (Å²) in [4.78, 5) is 0. The van der Waals surface area contributed by atoms with Gasteiger partial charge in [-0.05, 0) is 47.7 Å². The van der Waals surface area contributed by atoms with Crippen LogP contribution in [0.4, 0.5) is 5.82 Å². The van der Waals surface area contributed by atoms with Crippen molar-refractivity contribution in [2.45, 2.75) is 6.42 Å². The molecule has 0 saturated carbocycles. The van der Waals surface area contributed by atoms with Gasteiger partial charge in [0.05, 0.1) is 0 Å². The summed E-state index contributed by atoms with van der Waals surface area (Å²) in [6, 6.07) is 13.7. The summed E-state index contributed by atoms with van der Waals surface area (Å²) in [5, 5.41) is 21.2. The Morgan fingerprint density at radius 3 is 2.92 bits per heavy atom. The summed E-state index contributed by atoms with van der Waals surface area (Å²) < 4.78 is 1.77. The molecule has 0 radical (unpaired) electrons. The van der Waals surface area contributed by atoms with Gasteiger partial charge in [0.1, 0.15) is 5.82 Å². The van der Waals surface area contributed by atoms with E-state index in [4.69, 9.17) is 11.6 Å². The van der Waals surface area contributed by atoms with Crippen molar-refractivity contribution in [3.05, 3.63) is 63.8 Å². The SMILES string of the molecule is Clc1cccc(CCNc2ccc3nnc(-c4ccsc4)n3n2)c1. The molecule has 0 saturated heterocycles. The minimum atomic E-state index is 0.733. The van der Waals surface area contributed by atoms with Gasteiger partial charge in [-0.25, -0.2) is 0 Å². The Hall–Kier alpha value is -2.44. The molecule has 0 fully saturated rings. The van der Waals surface area contributed by atoms with Crippen molar-refractivity contribution < 1.29 is 0 Å². The molecule has 0 aliphatic carbocycles. The maximum absolute atomic E-state index is 6.01. The molecule has 0 unspecified atom stereocenters. The molecule has 4 rings (SSSR count). The molecule has 3 aromatic heterocycles. The van der Waals surface area contributed by atoms with E-state index in [2.05, 4.69) is 26.7 Å². The molecule has 5 nitrogen and oxygen atoms in total. The predicted octanol–water partition coefficient (Wildman–Crippen LogP) is 4.16. The number of hydrogen-bond donors (Lipinski definition) is 1. The molecule has 1 aromatic carbocycles. The quantitative estimate of drug-likeness (QED) is 0.584. The van der Waals surface area contributed by atoms with E-state index in [9.17, 15) is 0 Å². The lowest BCUT2D eigenvalue weighted by Gasteiger charge is -2.06. The first-order valence-corrected chi connectivity index (χ1v) is 8.85. The fourth-order valence-electron chi connectivity index (χ4n) is 2.48. The third kappa shape index (κ3) is 3.11. The number of aromatic nitrogens is 4. The molecule has 120 valence electrons. The van der Waals surface area contributed by atoms with Crippen LogP contribution in [-0.2, 0) is 6.42 Å². The van der Waals surface area contributed by atoms with Crippen molar-refractivity contribution in [1.82, 2.24) is 19.8 Å². The van der Waals surface area contributed by atoms with E-state index < -0.39 is 0 Å². The van der Waals surface area contributed by atoms with Gasteiger partial charge in [-0.1, -0.05) is 23.7 Å². The van der Waals surface area contributed by atoms with Crippen LogP contribution >= 0.6 is 22.9 Å². The molecule has 4 aromatic rings. The smallest absolute Gasteiger partial charge is 0.186 e. The van der Waals surface area contributed by atoms with Gasteiger partial charge in [-0.15, -0.1) is 15.3 Å². The zero-order valence-corrected chi connectivity index (χ0v) is 14.3. The van der Waals surface area contributed by atoms with Crippen molar-refractivity contribution in [3.8, 4) is 11.4 Å². The van der Waals surface area contributed by atoms with Crippen molar-refractivity contribution >= 4 is 34.4 Å². The summed E-state index contributed by atoms with van der Waals surface area (Å²) >= 11 is 7.64. The normalized spacial score (nSPS) is 11.0. The van der Waals surface area contributed by atoms with Crippen molar-refractivity contribution in [2.24, 2.45) is 0 Å². The fourth-order valence-corrected chi connectivity index (χ4v) is 3.33. The zero-order valence-electron chi connectivity index (χ0n) is 12.7. The van der Waals surface area contributed by atoms with Gasteiger partial charge in [0.15, 0.2) is 11.5 Å². The van der Waals surface area contributed by atoms with Crippen molar-refractivity contribution in [2.75, 3.05) is 11.9 Å². The minimum Gasteiger partial charge on any atom is -0.368 e. The van der Waals surface area contributed by atoms with Crippen LogP contribution in [0.1, 0.15) is 5.56 Å². The lowest BCUT2D eigenvalue weighted by atomic mass is 10.1. The monoisotopic (exact) mass is 355 g/mol. The van der Waals surface area contributed by atoms with Crippen LogP contribution < -0.4 is 5.32 Å². The van der Waals surface area contributed by atoms with Crippen LogP contribution in [0.5, 0.6) is 0 Å². The third-order valence-corrected chi connectivity index (χ3v) is 4.57. The molecule has 7 heteroatoms. The highest BCUT2D eigenvalue weighted by Crippen LogP contribution is 2.21. The Balaban J connectivity index is 1.51. The first-order valence-electron chi connectivity index (χ1n) is 7.53. The number of benzene rings is 1. The number of halogens is 1. The minimum absolute atomic E-state index is 0.733. The number of hydrogen-bond acceptors (Lipinski definition) is 5. The lowest BCUT2D eigenvalue weighted by molar-refractivity contribution is 0.916. The van der Waals surface area contributed by atoms with E-state index in [1.54, 1.807) is 15.9 Å². The van der Waals surface area contributed by atoms with Gasteiger partial charge in [0.2, 0.25) is 0 Å². The van der Waals surface area contributed by atoms with Crippen LogP contribution in [0, 0.1) is 0 Å². The van der Waals surface area contributed by atoms with Gasteiger partial charge in [-0.3, -0.25) is 0 Å². The average Bonchev–Trinajstić information content (AvgIpc) is 3.23.